The van der Waals surface area contributed by atoms with Gasteiger partial charge in [-0.3, -0.25) is 4.79 Å². The highest BCUT2D eigenvalue weighted by Crippen LogP contribution is 2.22. The lowest BCUT2D eigenvalue weighted by Gasteiger charge is -2.33. The monoisotopic (exact) mass is 288 g/mol. The predicted molar refractivity (Wildman–Crippen MR) is 82.2 cm³/mol. The van der Waals surface area contributed by atoms with Gasteiger partial charge in [-0.15, -0.1) is 0 Å². The highest BCUT2D eigenvalue weighted by Gasteiger charge is 2.30. The molecule has 3 rings (SSSR count). The molecular weight excluding hydrogens is 264 g/mol. The lowest BCUT2D eigenvalue weighted by Crippen LogP contribution is -2.43. The van der Waals surface area contributed by atoms with E-state index in [4.69, 9.17) is 4.74 Å². The average Bonchev–Trinajstić information content (AvgIpc) is 3.08. The average molecular weight is 288 g/mol. The van der Waals surface area contributed by atoms with E-state index in [9.17, 15) is 4.79 Å². The van der Waals surface area contributed by atoms with E-state index in [1.807, 2.05) is 30.3 Å². The van der Waals surface area contributed by atoms with Gasteiger partial charge in [-0.2, -0.15) is 0 Å². The van der Waals surface area contributed by atoms with Crippen molar-refractivity contribution in [2.45, 2.75) is 19.3 Å². The van der Waals surface area contributed by atoms with Gasteiger partial charge < -0.3 is 15.0 Å². The summed E-state index contributed by atoms with van der Waals surface area (Å²) in [5.74, 6) is 2.06. The topological polar surface area (TPSA) is 41.6 Å². The standard InChI is InChI=1S/C17H24N2O2/c20-17(15-6-9-18-12-15)19-10-7-14(8-11-19)13-21-16-4-2-1-3-5-16/h1-5,14-15,18H,6-13H2. The lowest BCUT2D eigenvalue weighted by molar-refractivity contribution is -0.136. The number of carbonyl (C=O) groups is 1. The summed E-state index contributed by atoms with van der Waals surface area (Å²) >= 11 is 0. The van der Waals surface area contributed by atoms with E-state index in [1.54, 1.807) is 0 Å². The number of amides is 1. The molecule has 1 aromatic carbocycles. The van der Waals surface area contributed by atoms with Crippen LogP contribution in [-0.4, -0.2) is 43.6 Å². The van der Waals surface area contributed by atoms with Gasteiger partial charge in [0.05, 0.1) is 12.5 Å². The molecule has 0 aliphatic carbocycles. The maximum Gasteiger partial charge on any atom is 0.227 e. The van der Waals surface area contributed by atoms with Gasteiger partial charge in [0.2, 0.25) is 5.91 Å². The van der Waals surface area contributed by atoms with Crippen LogP contribution in [0.1, 0.15) is 19.3 Å². The van der Waals surface area contributed by atoms with Crippen LogP contribution in [0.4, 0.5) is 0 Å². The summed E-state index contributed by atoms with van der Waals surface area (Å²) in [6, 6.07) is 9.96. The maximum absolute atomic E-state index is 12.3. The quantitative estimate of drug-likeness (QED) is 0.920. The molecule has 0 spiro atoms. The molecule has 114 valence electrons. The fraction of sp³-hybridized carbons (Fsp3) is 0.588. The zero-order valence-corrected chi connectivity index (χ0v) is 12.5. The maximum atomic E-state index is 12.3. The van der Waals surface area contributed by atoms with Crippen molar-refractivity contribution in [2.75, 3.05) is 32.8 Å². The van der Waals surface area contributed by atoms with Gasteiger partial charge in [0.25, 0.3) is 0 Å². The summed E-state index contributed by atoms with van der Waals surface area (Å²) in [5.41, 5.74) is 0. The molecule has 2 saturated heterocycles. The molecule has 0 saturated carbocycles. The molecule has 2 fully saturated rings. The number of para-hydroxylation sites is 1. The van der Waals surface area contributed by atoms with Crippen molar-refractivity contribution in [3.05, 3.63) is 30.3 Å². The largest absolute Gasteiger partial charge is 0.493 e. The molecule has 4 nitrogen and oxygen atoms in total. The third-order valence-corrected chi connectivity index (χ3v) is 4.56. The van der Waals surface area contributed by atoms with Crippen molar-refractivity contribution >= 4 is 5.91 Å². The van der Waals surface area contributed by atoms with E-state index in [-0.39, 0.29) is 5.92 Å². The van der Waals surface area contributed by atoms with Crippen LogP contribution in [0.2, 0.25) is 0 Å². The van der Waals surface area contributed by atoms with Crippen molar-refractivity contribution in [3.63, 3.8) is 0 Å². The zero-order valence-electron chi connectivity index (χ0n) is 12.5. The first-order chi connectivity index (χ1) is 10.3. The summed E-state index contributed by atoms with van der Waals surface area (Å²) in [4.78, 5) is 14.4. The van der Waals surface area contributed by atoms with Crippen LogP contribution >= 0.6 is 0 Å². The molecule has 1 amide bonds. The molecule has 1 unspecified atom stereocenters. The second-order valence-electron chi connectivity index (χ2n) is 6.08. The Morgan fingerprint density at radius 2 is 1.95 bits per heavy atom. The van der Waals surface area contributed by atoms with E-state index in [2.05, 4.69) is 10.2 Å². The minimum absolute atomic E-state index is 0.210. The normalized spacial score (nSPS) is 23.2. The summed E-state index contributed by atoms with van der Waals surface area (Å²) in [7, 11) is 0. The Bertz CT molecular complexity index is 449. The number of nitrogens with one attached hydrogen (secondary N) is 1. The van der Waals surface area contributed by atoms with Crippen LogP contribution in [0.15, 0.2) is 30.3 Å². The van der Waals surface area contributed by atoms with Crippen LogP contribution < -0.4 is 10.1 Å². The Hall–Kier alpha value is -1.55. The number of hydrogen-bond donors (Lipinski definition) is 1. The number of likely N-dealkylation sites (tertiary alicyclic amines) is 1. The molecule has 2 aliphatic heterocycles. The van der Waals surface area contributed by atoms with Crippen LogP contribution in [0, 0.1) is 11.8 Å². The van der Waals surface area contributed by atoms with E-state index in [0.29, 0.717) is 11.8 Å². The minimum Gasteiger partial charge on any atom is -0.493 e. The third kappa shape index (κ3) is 3.76. The Kier molecular flexibility index (Phi) is 4.76. The Labute approximate surface area is 126 Å². The van der Waals surface area contributed by atoms with Crippen LogP contribution in [0.5, 0.6) is 5.75 Å². The number of nitrogens with zero attached hydrogens (tertiary/aromatic N) is 1. The highest BCUT2D eigenvalue weighted by molar-refractivity contribution is 5.79. The SMILES string of the molecule is O=C(C1CCNC1)N1CCC(COc2ccccc2)CC1. The Morgan fingerprint density at radius 1 is 1.19 bits per heavy atom. The van der Waals surface area contributed by atoms with Crippen molar-refractivity contribution < 1.29 is 9.53 Å². The molecule has 0 bridgehead atoms. The van der Waals surface area contributed by atoms with Crippen molar-refractivity contribution in [1.29, 1.82) is 0 Å². The number of benzene rings is 1. The minimum atomic E-state index is 0.210. The molecule has 4 heteroatoms. The molecule has 1 aromatic rings. The van der Waals surface area contributed by atoms with Crippen molar-refractivity contribution in [3.8, 4) is 5.75 Å². The van der Waals surface area contributed by atoms with E-state index in [1.165, 1.54) is 0 Å². The molecule has 0 aromatic heterocycles. The predicted octanol–water partition coefficient (Wildman–Crippen LogP) is 1.91. The van der Waals surface area contributed by atoms with E-state index < -0.39 is 0 Å². The number of hydrogen-bond acceptors (Lipinski definition) is 3. The van der Waals surface area contributed by atoms with Gasteiger partial charge in [-0.25, -0.2) is 0 Å². The number of rotatable bonds is 4. The molecule has 1 N–H and O–H groups in total. The first-order valence-electron chi connectivity index (χ1n) is 8.00. The van der Waals surface area contributed by atoms with Gasteiger partial charge >= 0.3 is 0 Å². The third-order valence-electron chi connectivity index (χ3n) is 4.56. The van der Waals surface area contributed by atoms with Gasteiger partial charge in [-0.05, 0) is 43.9 Å². The van der Waals surface area contributed by atoms with Crippen LogP contribution in [-0.2, 0) is 4.79 Å². The Balaban J connectivity index is 1.41. The second kappa shape index (κ2) is 6.94. The van der Waals surface area contributed by atoms with Crippen LogP contribution in [0.25, 0.3) is 0 Å². The van der Waals surface area contributed by atoms with Crippen molar-refractivity contribution in [2.24, 2.45) is 11.8 Å². The first kappa shape index (κ1) is 14.4. The fourth-order valence-corrected chi connectivity index (χ4v) is 3.17. The molecule has 2 aliphatic rings. The van der Waals surface area contributed by atoms with Crippen LogP contribution in [0.3, 0.4) is 0 Å². The van der Waals surface area contributed by atoms with Gasteiger partial charge in [0.15, 0.2) is 0 Å². The fourth-order valence-electron chi connectivity index (χ4n) is 3.17. The zero-order chi connectivity index (χ0) is 14.5. The van der Waals surface area contributed by atoms with E-state index >= 15 is 0 Å². The molecule has 2 heterocycles. The molecule has 1 atom stereocenters. The molecular formula is C17H24N2O2. The number of carbonyl (C=O) groups excluding carboxylic acids is 1. The number of ether oxygens (including phenoxy) is 1. The van der Waals surface area contributed by atoms with Crippen molar-refractivity contribution in [1.82, 2.24) is 10.2 Å². The van der Waals surface area contributed by atoms with E-state index in [0.717, 1.165) is 57.8 Å². The molecule has 0 radical (unpaired) electrons. The van der Waals surface area contributed by atoms with Gasteiger partial charge in [0, 0.05) is 19.6 Å². The first-order valence-corrected chi connectivity index (χ1v) is 8.00. The summed E-state index contributed by atoms with van der Waals surface area (Å²) in [6.07, 6.45) is 3.10. The van der Waals surface area contributed by atoms with Gasteiger partial charge in [-0.1, -0.05) is 18.2 Å². The van der Waals surface area contributed by atoms with Gasteiger partial charge in [0.1, 0.15) is 5.75 Å². The lowest BCUT2D eigenvalue weighted by atomic mass is 9.96. The smallest absolute Gasteiger partial charge is 0.227 e. The number of piperidine rings is 1. The second-order valence-corrected chi connectivity index (χ2v) is 6.08. The highest BCUT2D eigenvalue weighted by atomic mass is 16.5. The molecule has 21 heavy (non-hydrogen) atoms. The summed E-state index contributed by atoms with van der Waals surface area (Å²) in [6.45, 7) is 4.38. The Morgan fingerprint density at radius 3 is 2.62 bits per heavy atom. The summed E-state index contributed by atoms with van der Waals surface area (Å²) in [5, 5.41) is 3.27. The summed E-state index contributed by atoms with van der Waals surface area (Å²) < 4.78 is 5.83.